The molecule has 0 heterocycles. The van der Waals surface area contributed by atoms with Crippen LogP contribution in [0.2, 0.25) is 0 Å². The van der Waals surface area contributed by atoms with Crippen LogP contribution >= 0.6 is 21.6 Å². The van der Waals surface area contributed by atoms with Crippen molar-refractivity contribution >= 4 is 27.5 Å². The molecule has 0 saturated carbocycles. The molecule has 0 radical (unpaired) electrons. The summed E-state index contributed by atoms with van der Waals surface area (Å²) < 4.78 is 0. The molecule has 0 aromatic rings. The van der Waals surface area contributed by atoms with Gasteiger partial charge in [-0.3, -0.25) is 4.79 Å². The number of hydrogen-bond acceptors (Lipinski definition) is 7. The van der Waals surface area contributed by atoms with Gasteiger partial charge in [-0.1, -0.05) is 33.7 Å². The van der Waals surface area contributed by atoms with E-state index in [9.17, 15) is 14.9 Å². The van der Waals surface area contributed by atoms with Crippen molar-refractivity contribution in [3.05, 3.63) is 34.0 Å². The van der Waals surface area contributed by atoms with Crippen molar-refractivity contribution in [3.8, 4) is 0 Å². The number of hydrogen-bond donors (Lipinski definition) is 2. The molecule has 108 valence electrons. The quantitative estimate of drug-likeness (QED) is 0.155. The SMILES string of the molecule is C/C=C\C(=C/N)C(=O)NCCSSCCO[N+](=O)[O-]. The van der Waals surface area contributed by atoms with Gasteiger partial charge in [0.25, 0.3) is 11.0 Å². The van der Waals surface area contributed by atoms with Crippen molar-refractivity contribution in [2.45, 2.75) is 6.92 Å². The number of carbonyl (C=O) groups is 1. The average Bonchev–Trinajstić information content (AvgIpc) is 2.38. The summed E-state index contributed by atoms with van der Waals surface area (Å²) in [6.07, 6.45) is 4.62. The van der Waals surface area contributed by atoms with E-state index in [1.54, 1.807) is 19.1 Å². The molecule has 0 aliphatic carbocycles. The molecule has 0 unspecified atom stereocenters. The van der Waals surface area contributed by atoms with Gasteiger partial charge in [0.15, 0.2) is 0 Å². The number of amides is 1. The maximum absolute atomic E-state index is 11.6. The number of nitrogens with two attached hydrogens (primary N) is 1. The zero-order valence-corrected chi connectivity index (χ0v) is 12.2. The highest BCUT2D eigenvalue weighted by Gasteiger charge is 2.04. The lowest BCUT2D eigenvalue weighted by molar-refractivity contribution is -0.756. The number of allylic oxidation sites excluding steroid dienone is 1. The highest BCUT2D eigenvalue weighted by atomic mass is 33.1. The normalized spacial score (nSPS) is 11.5. The van der Waals surface area contributed by atoms with Gasteiger partial charge in [0.05, 0.1) is 5.57 Å². The fourth-order valence-electron chi connectivity index (χ4n) is 0.958. The summed E-state index contributed by atoms with van der Waals surface area (Å²) in [5, 5.41) is 11.8. The fraction of sp³-hybridized carbons (Fsp3) is 0.500. The lowest BCUT2D eigenvalue weighted by atomic mass is 10.2. The van der Waals surface area contributed by atoms with Crippen LogP contribution in [0, 0.1) is 10.1 Å². The Balaban J connectivity index is 3.54. The van der Waals surface area contributed by atoms with Gasteiger partial charge < -0.3 is 15.9 Å². The summed E-state index contributed by atoms with van der Waals surface area (Å²) in [5.41, 5.74) is 5.73. The molecule has 0 atom stereocenters. The Morgan fingerprint density at radius 3 is 2.74 bits per heavy atom. The smallest absolute Gasteiger partial charge is 0.294 e. The van der Waals surface area contributed by atoms with E-state index in [2.05, 4.69) is 10.2 Å². The third-order valence-corrected chi connectivity index (χ3v) is 4.08. The maximum atomic E-state index is 11.6. The molecule has 0 aromatic carbocycles. The molecule has 19 heavy (non-hydrogen) atoms. The maximum Gasteiger partial charge on any atom is 0.294 e. The molecule has 0 rings (SSSR count). The van der Waals surface area contributed by atoms with Crippen LogP contribution in [0.1, 0.15) is 6.92 Å². The highest BCUT2D eigenvalue weighted by molar-refractivity contribution is 8.76. The predicted molar refractivity (Wildman–Crippen MR) is 78.0 cm³/mol. The Hall–Kier alpha value is -1.35. The third kappa shape index (κ3) is 10.3. The Labute approximate surface area is 119 Å². The molecule has 0 fully saturated rings. The highest BCUT2D eigenvalue weighted by Crippen LogP contribution is 2.19. The number of rotatable bonds is 10. The Bertz CT molecular complexity index is 348. The van der Waals surface area contributed by atoms with E-state index in [1.807, 2.05) is 0 Å². The molecule has 7 nitrogen and oxygen atoms in total. The third-order valence-electron chi connectivity index (χ3n) is 1.71. The van der Waals surface area contributed by atoms with Crippen LogP contribution in [0.25, 0.3) is 0 Å². The van der Waals surface area contributed by atoms with E-state index >= 15 is 0 Å². The standard InChI is InChI=1S/C10H17N3O4S2/c1-2-3-9(8-11)10(14)12-4-6-18-19-7-5-17-13(15)16/h2-3,8H,4-7,11H2,1H3,(H,12,14)/b3-2-,9-8+. The molecule has 3 N–H and O–H groups in total. The summed E-state index contributed by atoms with van der Waals surface area (Å²) in [5.74, 6) is 0.997. The van der Waals surface area contributed by atoms with Crippen molar-refractivity contribution in [2.75, 3.05) is 24.7 Å². The van der Waals surface area contributed by atoms with Gasteiger partial charge in [-0.05, 0) is 6.92 Å². The van der Waals surface area contributed by atoms with Crippen LogP contribution in [0.4, 0.5) is 0 Å². The van der Waals surface area contributed by atoms with Crippen molar-refractivity contribution in [3.63, 3.8) is 0 Å². The molecular formula is C10H17N3O4S2. The van der Waals surface area contributed by atoms with Crippen LogP contribution in [0.5, 0.6) is 0 Å². The minimum atomic E-state index is -0.812. The minimum absolute atomic E-state index is 0.0678. The summed E-state index contributed by atoms with van der Waals surface area (Å²) in [7, 11) is 2.96. The van der Waals surface area contributed by atoms with E-state index in [1.165, 1.54) is 27.8 Å². The second-order valence-electron chi connectivity index (χ2n) is 3.08. The van der Waals surface area contributed by atoms with Crippen molar-refractivity contribution in [2.24, 2.45) is 5.73 Å². The summed E-state index contributed by atoms with van der Waals surface area (Å²) in [6, 6.07) is 0. The van der Waals surface area contributed by atoms with Gasteiger partial charge >= 0.3 is 0 Å². The van der Waals surface area contributed by atoms with E-state index in [4.69, 9.17) is 5.73 Å². The van der Waals surface area contributed by atoms with Gasteiger partial charge in [0, 0.05) is 24.3 Å². The fourth-order valence-corrected chi connectivity index (χ4v) is 2.68. The van der Waals surface area contributed by atoms with Crippen molar-refractivity contribution in [1.82, 2.24) is 5.32 Å². The zero-order chi connectivity index (χ0) is 14.5. The first kappa shape index (κ1) is 17.6. The second kappa shape index (κ2) is 11.7. The molecule has 0 spiro atoms. The molecule has 9 heteroatoms. The zero-order valence-electron chi connectivity index (χ0n) is 10.5. The van der Waals surface area contributed by atoms with Crippen molar-refractivity contribution < 1.29 is 14.7 Å². The second-order valence-corrected chi connectivity index (χ2v) is 5.78. The number of carbonyl (C=O) groups excluding carboxylic acids is 1. The van der Waals surface area contributed by atoms with Gasteiger partial charge in [0.2, 0.25) is 0 Å². The average molecular weight is 307 g/mol. The first-order valence-electron chi connectivity index (χ1n) is 5.46. The topological polar surface area (TPSA) is 107 Å². The number of nitrogens with one attached hydrogen (secondary N) is 1. The molecule has 0 bridgehead atoms. The Kier molecular flexibility index (Phi) is 10.9. The molecular weight excluding hydrogens is 290 g/mol. The van der Waals surface area contributed by atoms with Crippen molar-refractivity contribution in [1.29, 1.82) is 0 Å². The summed E-state index contributed by atoms with van der Waals surface area (Å²) >= 11 is 0. The Morgan fingerprint density at radius 2 is 2.16 bits per heavy atom. The van der Waals surface area contributed by atoms with E-state index in [0.29, 0.717) is 23.6 Å². The lowest BCUT2D eigenvalue weighted by Gasteiger charge is -2.05. The summed E-state index contributed by atoms with van der Waals surface area (Å²) in [4.78, 5) is 25.6. The van der Waals surface area contributed by atoms with Crippen LogP contribution in [-0.4, -0.2) is 35.7 Å². The van der Waals surface area contributed by atoms with Gasteiger partial charge in [-0.2, -0.15) is 0 Å². The first-order chi connectivity index (χ1) is 9.11. The molecule has 0 aliphatic heterocycles. The largest absolute Gasteiger partial charge is 0.404 e. The predicted octanol–water partition coefficient (Wildman–Crippen LogP) is 1.11. The molecule has 0 saturated heterocycles. The monoisotopic (exact) mass is 307 g/mol. The Morgan fingerprint density at radius 1 is 1.47 bits per heavy atom. The van der Waals surface area contributed by atoms with E-state index < -0.39 is 5.09 Å². The van der Waals surface area contributed by atoms with Gasteiger partial charge in [-0.15, -0.1) is 10.1 Å². The summed E-state index contributed by atoms with van der Waals surface area (Å²) in [6.45, 7) is 2.37. The van der Waals surface area contributed by atoms with Gasteiger partial charge in [-0.25, -0.2) is 0 Å². The van der Waals surface area contributed by atoms with Gasteiger partial charge in [0.1, 0.15) is 6.61 Å². The molecule has 0 aromatic heterocycles. The van der Waals surface area contributed by atoms with Crippen LogP contribution in [-0.2, 0) is 9.63 Å². The van der Waals surface area contributed by atoms with Crippen LogP contribution in [0.3, 0.4) is 0 Å². The molecule has 0 aliphatic rings. The van der Waals surface area contributed by atoms with Crippen LogP contribution < -0.4 is 11.1 Å². The van der Waals surface area contributed by atoms with E-state index in [-0.39, 0.29) is 12.5 Å². The minimum Gasteiger partial charge on any atom is -0.404 e. The molecule has 1 amide bonds. The van der Waals surface area contributed by atoms with Crippen LogP contribution in [0.15, 0.2) is 23.9 Å². The number of nitrogens with zero attached hydrogens (tertiary/aromatic N) is 1. The first-order valence-corrected chi connectivity index (χ1v) is 7.95. The lowest BCUT2D eigenvalue weighted by Crippen LogP contribution is -2.27. The van der Waals surface area contributed by atoms with E-state index in [0.717, 1.165) is 0 Å².